The highest BCUT2D eigenvalue weighted by atomic mass is 35.5. The first-order valence-electron chi connectivity index (χ1n) is 8.43. The Morgan fingerprint density at radius 2 is 2.23 bits per heavy atom. The van der Waals surface area contributed by atoms with Crippen molar-refractivity contribution in [3.8, 4) is 11.5 Å². The molecule has 1 aliphatic rings. The largest absolute Gasteiger partial charge is 0.497 e. The first-order valence-corrected chi connectivity index (χ1v) is 8.81. The second kappa shape index (κ2) is 8.42. The summed E-state index contributed by atoms with van der Waals surface area (Å²) in [5, 5.41) is 7.41. The zero-order chi connectivity index (χ0) is 18.5. The van der Waals surface area contributed by atoms with E-state index in [0.29, 0.717) is 34.5 Å². The van der Waals surface area contributed by atoms with Gasteiger partial charge in [-0.05, 0) is 31.0 Å². The maximum Gasteiger partial charge on any atom is 0.274 e. The maximum absolute atomic E-state index is 12.6. The number of nitrogens with zero attached hydrogens (tertiary/aromatic N) is 2. The molecule has 1 amide bonds. The SMILES string of the molecule is COc1ccc(OCc2cc(C(=O)N3CCC[C@@H](OC)C3)n[nH]2)c(Cl)c1. The van der Waals surface area contributed by atoms with Crippen LogP contribution in [0.4, 0.5) is 0 Å². The molecule has 1 atom stereocenters. The molecule has 1 N–H and O–H groups in total. The number of H-pyrrole nitrogens is 1. The fourth-order valence-corrected chi connectivity index (χ4v) is 3.13. The van der Waals surface area contributed by atoms with E-state index in [-0.39, 0.29) is 18.6 Å². The molecular formula is C18H22ClN3O4. The van der Waals surface area contributed by atoms with Gasteiger partial charge in [0.25, 0.3) is 5.91 Å². The van der Waals surface area contributed by atoms with E-state index in [9.17, 15) is 4.79 Å². The van der Waals surface area contributed by atoms with Crippen LogP contribution < -0.4 is 9.47 Å². The number of aromatic amines is 1. The number of halogens is 1. The van der Waals surface area contributed by atoms with Gasteiger partial charge in [-0.25, -0.2) is 0 Å². The number of ether oxygens (including phenoxy) is 3. The van der Waals surface area contributed by atoms with Gasteiger partial charge in [-0.3, -0.25) is 9.89 Å². The monoisotopic (exact) mass is 379 g/mol. The number of methoxy groups -OCH3 is 2. The summed E-state index contributed by atoms with van der Waals surface area (Å²) in [6, 6.07) is 6.89. The van der Waals surface area contributed by atoms with E-state index in [4.69, 9.17) is 25.8 Å². The van der Waals surface area contributed by atoms with Crippen LogP contribution >= 0.6 is 11.6 Å². The quantitative estimate of drug-likeness (QED) is 0.835. The fourth-order valence-electron chi connectivity index (χ4n) is 2.90. The molecule has 0 spiro atoms. The third kappa shape index (κ3) is 4.28. The summed E-state index contributed by atoms with van der Waals surface area (Å²) in [4.78, 5) is 14.4. The molecule has 7 nitrogen and oxygen atoms in total. The van der Waals surface area contributed by atoms with Gasteiger partial charge in [0.15, 0.2) is 5.69 Å². The van der Waals surface area contributed by atoms with Gasteiger partial charge in [-0.2, -0.15) is 5.10 Å². The van der Waals surface area contributed by atoms with E-state index in [1.165, 1.54) is 0 Å². The number of piperidine rings is 1. The van der Waals surface area contributed by atoms with Crippen molar-refractivity contribution < 1.29 is 19.0 Å². The average Bonchev–Trinajstić information content (AvgIpc) is 3.15. The van der Waals surface area contributed by atoms with E-state index in [1.807, 2.05) is 0 Å². The average molecular weight is 380 g/mol. The number of amides is 1. The lowest BCUT2D eigenvalue weighted by molar-refractivity contribution is 0.0265. The molecule has 0 aliphatic carbocycles. The Morgan fingerprint density at radius 3 is 2.96 bits per heavy atom. The number of likely N-dealkylation sites (tertiary alicyclic amines) is 1. The molecule has 0 unspecified atom stereocenters. The van der Waals surface area contributed by atoms with Crippen LogP contribution in [-0.2, 0) is 11.3 Å². The van der Waals surface area contributed by atoms with Gasteiger partial charge in [-0.15, -0.1) is 0 Å². The predicted octanol–water partition coefficient (Wildman–Crippen LogP) is 2.90. The number of benzene rings is 1. The molecule has 0 saturated carbocycles. The van der Waals surface area contributed by atoms with Crippen LogP contribution in [0.5, 0.6) is 11.5 Å². The van der Waals surface area contributed by atoms with E-state index in [1.54, 1.807) is 43.4 Å². The molecule has 26 heavy (non-hydrogen) atoms. The molecule has 3 rings (SSSR count). The Hall–Kier alpha value is -2.25. The zero-order valence-electron chi connectivity index (χ0n) is 14.8. The van der Waals surface area contributed by atoms with Gasteiger partial charge >= 0.3 is 0 Å². The van der Waals surface area contributed by atoms with Gasteiger partial charge in [0.2, 0.25) is 0 Å². The summed E-state index contributed by atoms with van der Waals surface area (Å²) in [7, 11) is 3.25. The minimum atomic E-state index is -0.100. The minimum absolute atomic E-state index is 0.0895. The van der Waals surface area contributed by atoms with Crippen LogP contribution in [0.3, 0.4) is 0 Å². The Labute approximate surface area is 157 Å². The lowest BCUT2D eigenvalue weighted by Gasteiger charge is -2.31. The molecule has 2 heterocycles. The van der Waals surface area contributed by atoms with Crippen LogP contribution in [0.25, 0.3) is 0 Å². The van der Waals surface area contributed by atoms with Crippen molar-refractivity contribution in [1.29, 1.82) is 0 Å². The van der Waals surface area contributed by atoms with Gasteiger partial charge in [0.1, 0.15) is 18.1 Å². The van der Waals surface area contributed by atoms with Crippen LogP contribution in [0.15, 0.2) is 24.3 Å². The molecule has 1 aliphatic heterocycles. The smallest absolute Gasteiger partial charge is 0.274 e. The number of hydrogen-bond donors (Lipinski definition) is 1. The van der Waals surface area contributed by atoms with Gasteiger partial charge in [0, 0.05) is 26.3 Å². The third-order valence-corrected chi connectivity index (χ3v) is 4.67. The van der Waals surface area contributed by atoms with Crippen molar-refractivity contribution in [2.24, 2.45) is 0 Å². The van der Waals surface area contributed by atoms with Crippen LogP contribution in [0.2, 0.25) is 5.02 Å². The summed E-state index contributed by atoms with van der Waals surface area (Å²) >= 11 is 6.16. The summed E-state index contributed by atoms with van der Waals surface area (Å²) in [5.74, 6) is 1.10. The highest BCUT2D eigenvalue weighted by molar-refractivity contribution is 6.32. The first-order chi connectivity index (χ1) is 12.6. The Balaban J connectivity index is 1.60. The van der Waals surface area contributed by atoms with Crippen molar-refractivity contribution >= 4 is 17.5 Å². The minimum Gasteiger partial charge on any atom is -0.497 e. The Morgan fingerprint density at radius 1 is 1.38 bits per heavy atom. The molecule has 8 heteroatoms. The zero-order valence-corrected chi connectivity index (χ0v) is 15.6. The molecule has 0 bridgehead atoms. The topological polar surface area (TPSA) is 76.7 Å². The summed E-state index contributed by atoms with van der Waals surface area (Å²) in [6.45, 7) is 1.54. The number of rotatable bonds is 6. The standard InChI is InChI=1S/C18H22ClN3O4/c1-24-13-5-6-17(15(19)9-13)26-11-12-8-16(21-20-12)18(23)22-7-3-4-14(10-22)25-2/h5-6,8-9,14H,3-4,7,10-11H2,1-2H3,(H,20,21)/t14-/m1/s1. The van der Waals surface area contributed by atoms with Crippen molar-refractivity contribution in [2.75, 3.05) is 27.3 Å². The third-order valence-electron chi connectivity index (χ3n) is 4.37. The first kappa shape index (κ1) is 18.5. The second-order valence-electron chi connectivity index (χ2n) is 6.11. The molecule has 1 fully saturated rings. The van der Waals surface area contributed by atoms with Crippen molar-refractivity contribution in [1.82, 2.24) is 15.1 Å². The van der Waals surface area contributed by atoms with Gasteiger partial charge in [0.05, 0.1) is 23.9 Å². The Bertz CT molecular complexity index is 765. The van der Waals surface area contributed by atoms with Crippen molar-refractivity contribution in [2.45, 2.75) is 25.6 Å². The highest BCUT2D eigenvalue weighted by Crippen LogP contribution is 2.29. The van der Waals surface area contributed by atoms with Crippen LogP contribution in [-0.4, -0.2) is 54.4 Å². The normalized spacial score (nSPS) is 17.2. The van der Waals surface area contributed by atoms with E-state index in [2.05, 4.69) is 10.2 Å². The van der Waals surface area contributed by atoms with Crippen LogP contribution in [0.1, 0.15) is 29.0 Å². The molecule has 1 aromatic carbocycles. The summed E-state index contributed by atoms with van der Waals surface area (Å²) < 4.78 is 16.2. The molecular weight excluding hydrogens is 358 g/mol. The van der Waals surface area contributed by atoms with Gasteiger partial charge < -0.3 is 19.1 Å². The van der Waals surface area contributed by atoms with Crippen molar-refractivity contribution in [3.63, 3.8) is 0 Å². The molecule has 1 saturated heterocycles. The maximum atomic E-state index is 12.6. The number of hydrogen-bond acceptors (Lipinski definition) is 5. The summed E-state index contributed by atoms with van der Waals surface area (Å²) in [6.07, 6.45) is 2.00. The Kier molecular flexibility index (Phi) is 6.00. The molecule has 1 aromatic heterocycles. The molecule has 2 aromatic rings. The lowest BCUT2D eigenvalue weighted by Crippen LogP contribution is -2.43. The van der Waals surface area contributed by atoms with Gasteiger partial charge in [-0.1, -0.05) is 11.6 Å². The number of nitrogens with one attached hydrogen (secondary N) is 1. The fraction of sp³-hybridized carbons (Fsp3) is 0.444. The number of aromatic nitrogens is 2. The summed E-state index contributed by atoms with van der Waals surface area (Å²) in [5.41, 5.74) is 1.07. The number of carbonyl (C=O) groups excluding carboxylic acids is 1. The second-order valence-corrected chi connectivity index (χ2v) is 6.52. The van der Waals surface area contributed by atoms with Crippen molar-refractivity contribution in [3.05, 3.63) is 40.7 Å². The van der Waals surface area contributed by atoms with E-state index in [0.717, 1.165) is 19.4 Å². The van der Waals surface area contributed by atoms with E-state index >= 15 is 0 Å². The molecule has 140 valence electrons. The van der Waals surface area contributed by atoms with Crippen LogP contribution in [0, 0.1) is 0 Å². The number of carbonyl (C=O) groups is 1. The molecule has 0 radical (unpaired) electrons. The predicted molar refractivity (Wildman–Crippen MR) is 96.9 cm³/mol. The highest BCUT2D eigenvalue weighted by Gasteiger charge is 2.25. The lowest BCUT2D eigenvalue weighted by atomic mass is 10.1. The van der Waals surface area contributed by atoms with E-state index < -0.39 is 0 Å².